The van der Waals surface area contributed by atoms with Gasteiger partial charge in [-0.1, -0.05) is 23.7 Å². The molecule has 3 heterocycles. The van der Waals surface area contributed by atoms with Gasteiger partial charge in [0.15, 0.2) is 12.4 Å². The van der Waals surface area contributed by atoms with E-state index < -0.39 is 18.2 Å². The number of carboxylic acids is 1. The summed E-state index contributed by atoms with van der Waals surface area (Å²) in [5.41, 5.74) is 3.72. The van der Waals surface area contributed by atoms with E-state index in [1.54, 1.807) is 11.1 Å². The Balaban J connectivity index is 0.000000541. The van der Waals surface area contributed by atoms with Gasteiger partial charge in [-0.2, -0.15) is 18.2 Å². The molecule has 0 aliphatic carbocycles. The Morgan fingerprint density at radius 1 is 0.953 bits per heavy atom. The van der Waals surface area contributed by atoms with E-state index in [-0.39, 0.29) is 12.5 Å². The van der Waals surface area contributed by atoms with Crippen molar-refractivity contribution >= 4 is 52.7 Å². The number of aromatic nitrogens is 2. The number of aryl methyl sites for hydroxylation is 2. The Bertz CT molecular complexity index is 1500. The van der Waals surface area contributed by atoms with E-state index in [1.807, 2.05) is 36.4 Å². The van der Waals surface area contributed by atoms with Gasteiger partial charge in [-0.25, -0.2) is 14.6 Å². The molecule has 3 aromatic rings. The number of hydrogen-bond acceptors (Lipinski definition) is 8. The number of hydrogen-bond donors (Lipinski definition) is 4. The molecule has 2 aliphatic rings. The summed E-state index contributed by atoms with van der Waals surface area (Å²) in [5.74, 6) is -1.40. The van der Waals surface area contributed by atoms with E-state index in [0.717, 1.165) is 28.9 Å². The number of halogens is 4. The highest BCUT2D eigenvalue weighted by Gasteiger charge is 2.38. The quantitative estimate of drug-likeness (QED) is 0.327. The van der Waals surface area contributed by atoms with Crippen molar-refractivity contribution in [3.8, 4) is 5.75 Å². The molecule has 2 amide bonds. The van der Waals surface area contributed by atoms with E-state index in [9.17, 15) is 22.8 Å². The van der Waals surface area contributed by atoms with Gasteiger partial charge in [0, 0.05) is 37.6 Å². The van der Waals surface area contributed by atoms with Gasteiger partial charge in [0.05, 0.1) is 6.20 Å². The number of benzene rings is 2. The van der Waals surface area contributed by atoms with Gasteiger partial charge >= 0.3 is 18.2 Å². The SMILES string of the molecule is O=C(O)C(F)(F)F.O=C(O)N1CCN(C(=O)COc2ccc3cc2CCc2cccc(c2)Nc2ncc(Cl)c(n2)N3)CC1. The molecule has 4 N–H and O–H groups in total. The van der Waals surface area contributed by atoms with Crippen LogP contribution in [-0.2, 0) is 22.4 Å². The van der Waals surface area contributed by atoms with Gasteiger partial charge in [-0.15, -0.1) is 0 Å². The van der Waals surface area contributed by atoms with Gasteiger partial charge in [-0.3, -0.25) is 4.79 Å². The summed E-state index contributed by atoms with van der Waals surface area (Å²) in [6, 6.07) is 13.7. The number of nitrogens with zero attached hydrogens (tertiary/aromatic N) is 4. The molecular formula is C27H26ClF3N6O6. The second-order valence-electron chi connectivity index (χ2n) is 9.41. The normalized spacial score (nSPS) is 14.3. The Kier molecular flexibility index (Phi) is 9.75. The molecule has 0 saturated carbocycles. The summed E-state index contributed by atoms with van der Waals surface area (Å²) in [6.07, 6.45) is -3.05. The fraction of sp³-hybridized carbons (Fsp3) is 0.296. The van der Waals surface area contributed by atoms with Gasteiger partial charge in [0.2, 0.25) is 5.95 Å². The summed E-state index contributed by atoms with van der Waals surface area (Å²) < 4.78 is 37.7. The first-order valence-electron chi connectivity index (χ1n) is 12.9. The molecule has 43 heavy (non-hydrogen) atoms. The zero-order valence-corrected chi connectivity index (χ0v) is 23.2. The lowest BCUT2D eigenvalue weighted by Crippen LogP contribution is -2.51. The third-order valence-electron chi connectivity index (χ3n) is 6.43. The highest BCUT2D eigenvalue weighted by Crippen LogP contribution is 2.30. The van der Waals surface area contributed by atoms with Crippen LogP contribution < -0.4 is 15.4 Å². The first-order chi connectivity index (χ1) is 20.4. The number of anilines is 4. The summed E-state index contributed by atoms with van der Waals surface area (Å²) >= 11 is 6.33. The number of ether oxygens (including phenoxy) is 1. The minimum atomic E-state index is -5.08. The molecule has 5 rings (SSSR count). The number of aliphatic carboxylic acids is 1. The van der Waals surface area contributed by atoms with Gasteiger partial charge < -0.3 is 35.4 Å². The van der Waals surface area contributed by atoms with Crippen LogP contribution in [0.4, 0.5) is 41.1 Å². The number of piperazine rings is 1. The van der Waals surface area contributed by atoms with Crippen LogP contribution in [-0.4, -0.2) is 86.9 Å². The Labute approximate surface area is 248 Å². The Morgan fingerprint density at radius 3 is 2.30 bits per heavy atom. The maximum absolute atomic E-state index is 12.7. The molecule has 228 valence electrons. The van der Waals surface area contributed by atoms with E-state index in [0.29, 0.717) is 55.1 Å². The van der Waals surface area contributed by atoms with Crippen molar-refractivity contribution in [2.75, 3.05) is 43.4 Å². The standard InChI is InChI=1S/C25H25ClN6O4.C2HF3O2/c26-20-14-27-24-29-18-3-1-2-16(12-18)4-5-17-13-19(28-23(20)30-24)6-7-21(17)36-15-22(33)31-8-10-32(11-9-31)25(34)35;3-2(4,5)1(6)7/h1-3,6-7,12-14H,4-5,8-11,15H2,(H,34,35)(H2,27,28,29,30);(H,6,7). The van der Waals surface area contributed by atoms with Crippen molar-refractivity contribution in [1.29, 1.82) is 0 Å². The van der Waals surface area contributed by atoms with E-state index in [4.69, 9.17) is 31.3 Å². The second kappa shape index (κ2) is 13.5. The number of nitrogens with one attached hydrogen (secondary N) is 2. The third-order valence-corrected chi connectivity index (χ3v) is 6.71. The number of fused-ring (bicyclic) bond motifs is 6. The maximum atomic E-state index is 12.7. The third kappa shape index (κ3) is 8.61. The molecule has 1 saturated heterocycles. The van der Waals surface area contributed by atoms with Crippen molar-refractivity contribution in [3.63, 3.8) is 0 Å². The molecule has 0 atom stereocenters. The largest absolute Gasteiger partial charge is 0.490 e. The average Bonchev–Trinajstić information content (AvgIpc) is 2.97. The summed E-state index contributed by atoms with van der Waals surface area (Å²) in [7, 11) is 0. The lowest BCUT2D eigenvalue weighted by Gasteiger charge is -2.33. The Morgan fingerprint density at radius 2 is 1.63 bits per heavy atom. The van der Waals surface area contributed by atoms with Crippen LogP contribution in [0.3, 0.4) is 0 Å². The first kappa shape index (κ1) is 31.2. The smallest absolute Gasteiger partial charge is 0.483 e. The van der Waals surface area contributed by atoms with Gasteiger partial charge in [0.1, 0.15) is 10.8 Å². The van der Waals surface area contributed by atoms with Crippen LogP contribution in [0.5, 0.6) is 5.75 Å². The van der Waals surface area contributed by atoms with E-state index in [2.05, 4.69) is 26.7 Å². The van der Waals surface area contributed by atoms with Crippen molar-refractivity contribution in [2.45, 2.75) is 19.0 Å². The number of amides is 2. The summed E-state index contributed by atoms with van der Waals surface area (Å²) in [6.45, 7) is 1.20. The molecule has 0 radical (unpaired) electrons. The minimum absolute atomic E-state index is 0.118. The number of carbonyl (C=O) groups excluding carboxylic acids is 1. The average molecular weight is 623 g/mol. The fourth-order valence-electron chi connectivity index (χ4n) is 4.24. The molecule has 2 aliphatic heterocycles. The van der Waals surface area contributed by atoms with Crippen LogP contribution in [0.15, 0.2) is 48.7 Å². The number of rotatable bonds is 3. The minimum Gasteiger partial charge on any atom is -0.483 e. The topological polar surface area (TPSA) is 157 Å². The van der Waals surface area contributed by atoms with E-state index in [1.165, 1.54) is 4.90 Å². The number of carbonyl (C=O) groups is 3. The van der Waals surface area contributed by atoms with Crippen LogP contribution in [0.2, 0.25) is 5.02 Å². The van der Waals surface area contributed by atoms with Crippen molar-refractivity contribution < 1.29 is 42.5 Å². The molecular weight excluding hydrogens is 597 g/mol. The Hall–Kier alpha value is -4.79. The molecule has 2 aromatic carbocycles. The van der Waals surface area contributed by atoms with Crippen molar-refractivity contribution in [1.82, 2.24) is 19.8 Å². The van der Waals surface area contributed by atoms with Crippen molar-refractivity contribution in [2.24, 2.45) is 0 Å². The summed E-state index contributed by atoms with van der Waals surface area (Å²) in [4.78, 5) is 44.4. The maximum Gasteiger partial charge on any atom is 0.490 e. The fourth-order valence-corrected chi connectivity index (χ4v) is 4.37. The van der Waals surface area contributed by atoms with Crippen LogP contribution in [0.1, 0.15) is 11.1 Å². The number of carboxylic acid groups (broad SMARTS) is 2. The van der Waals surface area contributed by atoms with E-state index >= 15 is 0 Å². The molecule has 1 aromatic heterocycles. The molecule has 1 fully saturated rings. The highest BCUT2D eigenvalue weighted by atomic mass is 35.5. The highest BCUT2D eigenvalue weighted by molar-refractivity contribution is 6.32. The van der Waals surface area contributed by atoms with Crippen LogP contribution >= 0.6 is 11.6 Å². The lowest BCUT2D eigenvalue weighted by atomic mass is 10.0. The predicted octanol–water partition coefficient (Wildman–Crippen LogP) is 4.55. The molecule has 12 nitrogen and oxygen atoms in total. The zero-order valence-electron chi connectivity index (χ0n) is 22.4. The molecule has 0 spiro atoms. The predicted molar refractivity (Wildman–Crippen MR) is 149 cm³/mol. The monoisotopic (exact) mass is 622 g/mol. The molecule has 0 unspecified atom stereocenters. The van der Waals surface area contributed by atoms with Crippen LogP contribution in [0, 0.1) is 0 Å². The summed E-state index contributed by atoms with van der Waals surface area (Å²) in [5, 5.41) is 23.1. The van der Waals surface area contributed by atoms with Gasteiger partial charge in [-0.05, 0) is 54.3 Å². The zero-order chi connectivity index (χ0) is 31.1. The van der Waals surface area contributed by atoms with Crippen molar-refractivity contribution in [3.05, 3.63) is 64.8 Å². The van der Waals surface area contributed by atoms with Crippen LogP contribution in [0.25, 0.3) is 0 Å². The van der Waals surface area contributed by atoms with Gasteiger partial charge in [0.25, 0.3) is 5.91 Å². The lowest BCUT2D eigenvalue weighted by molar-refractivity contribution is -0.192. The molecule has 6 bridgehead atoms. The molecule has 16 heteroatoms. The number of alkyl halides is 3. The first-order valence-corrected chi connectivity index (χ1v) is 13.2. The second-order valence-corrected chi connectivity index (χ2v) is 9.81.